The van der Waals surface area contributed by atoms with E-state index in [1.807, 2.05) is 101 Å². The predicted octanol–water partition coefficient (Wildman–Crippen LogP) is 3.53. The monoisotopic (exact) mass is 388 g/mol. The molecule has 0 N–H and O–H groups in total. The van der Waals surface area contributed by atoms with E-state index >= 15 is 0 Å². The fraction of sp³-hybridized carbons (Fsp3) is 0.130. The van der Waals surface area contributed by atoms with Crippen LogP contribution in [-0.2, 0) is 9.59 Å². The van der Waals surface area contributed by atoms with Gasteiger partial charge in [-0.2, -0.15) is 0 Å². The minimum Gasteiger partial charge on any atom is -0.320 e. The van der Waals surface area contributed by atoms with Crippen LogP contribution in [0.4, 0.5) is 11.4 Å². The molecule has 3 rings (SSSR count). The average Bonchev–Trinajstić information content (AvgIpc) is 2.69. The van der Waals surface area contributed by atoms with Crippen LogP contribution in [0.15, 0.2) is 84.9 Å². The van der Waals surface area contributed by atoms with Gasteiger partial charge in [-0.25, -0.2) is 0 Å². The van der Waals surface area contributed by atoms with Gasteiger partial charge in [-0.05, 0) is 41.9 Å². The van der Waals surface area contributed by atoms with Crippen molar-refractivity contribution < 1.29 is 9.59 Å². The first-order chi connectivity index (χ1) is 13.5. The topological polar surface area (TPSA) is 40.6 Å². The van der Waals surface area contributed by atoms with Gasteiger partial charge in [0.25, 0.3) is 9.12 Å². The molecule has 0 fully saturated rings. The molecule has 0 aliphatic carbocycles. The Morgan fingerprint density at radius 2 is 1.04 bits per heavy atom. The Balaban J connectivity index is 2.26. The number of hydrogen-bond donors (Lipinski definition) is 0. The Morgan fingerprint density at radius 3 is 1.43 bits per heavy atom. The summed E-state index contributed by atoms with van der Waals surface area (Å²) >= 11 is 0. The third-order valence-corrected chi connectivity index (χ3v) is 8.21. The second-order valence-corrected chi connectivity index (χ2v) is 9.08. The van der Waals surface area contributed by atoms with Crippen molar-refractivity contribution in [3.63, 3.8) is 0 Å². The Bertz CT molecular complexity index is 903. The van der Waals surface area contributed by atoms with Crippen molar-refractivity contribution in [1.82, 2.24) is 0 Å². The van der Waals surface area contributed by atoms with E-state index in [-0.39, 0.29) is 11.8 Å². The molecular formula is C23H24N2O2Si. The van der Waals surface area contributed by atoms with Gasteiger partial charge in [-0.1, -0.05) is 60.7 Å². The highest BCUT2D eigenvalue weighted by Gasteiger charge is 2.36. The van der Waals surface area contributed by atoms with Gasteiger partial charge in [-0.15, -0.1) is 0 Å². The number of carbonyl (C=O) groups is 2. The summed E-state index contributed by atoms with van der Waals surface area (Å²) in [5.74, 6) is -0.151. The van der Waals surface area contributed by atoms with Crippen molar-refractivity contribution in [2.45, 2.75) is 20.8 Å². The van der Waals surface area contributed by atoms with Gasteiger partial charge in [-0.3, -0.25) is 9.59 Å². The summed E-state index contributed by atoms with van der Waals surface area (Å²) in [6.07, 6.45) is 0. The number of amides is 2. The van der Waals surface area contributed by atoms with Gasteiger partial charge in [0.05, 0.1) is 0 Å². The molecule has 5 heteroatoms. The number of aryl methyl sites for hydroxylation is 1. The minimum absolute atomic E-state index is 0.0756. The molecule has 0 aliphatic heterocycles. The second kappa shape index (κ2) is 8.67. The highest BCUT2D eigenvalue weighted by Crippen LogP contribution is 2.23. The zero-order chi connectivity index (χ0) is 20.1. The molecule has 0 atom stereocenters. The molecule has 0 unspecified atom stereocenters. The average molecular weight is 389 g/mol. The molecular weight excluding hydrogens is 364 g/mol. The predicted molar refractivity (Wildman–Crippen MR) is 117 cm³/mol. The summed E-state index contributed by atoms with van der Waals surface area (Å²) in [5.41, 5.74) is 2.68. The first kappa shape index (κ1) is 19.6. The van der Waals surface area contributed by atoms with Crippen LogP contribution in [0.1, 0.15) is 19.4 Å². The third-order valence-electron chi connectivity index (χ3n) is 4.70. The summed E-state index contributed by atoms with van der Waals surface area (Å²) in [6.45, 7) is 5.16. The fourth-order valence-electron chi connectivity index (χ4n) is 3.44. The Morgan fingerprint density at radius 1 is 0.643 bits per heavy atom. The van der Waals surface area contributed by atoms with Crippen LogP contribution in [-0.4, -0.2) is 20.9 Å². The van der Waals surface area contributed by atoms with Crippen LogP contribution >= 0.6 is 0 Å². The van der Waals surface area contributed by atoms with Gasteiger partial charge < -0.3 is 9.13 Å². The summed E-state index contributed by atoms with van der Waals surface area (Å²) in [7, 11) is -2.46. The highest BCUT2D eigenvalue weighted by molar-refractivity contribution is 6.85. The normalized spacial score (nSPS) is 10.6. The lowest BCUT2D eigenvalue weighted by atomic mass is 10.2. The molecule has 0 bridgehead atoms. The van der Waals surface area contributed by atoms with E-state index in [2.05, 4.69) is 0 Å². The number of anilines is 2. The van der Waals surface area contributed by atoms with Crippen molar-refractivity contribution >= 4 is 37.5 Å². The molecule has 3 aromatic rings. The molecule has 142 valence electrons. The van der Waals surface area contributed by atoms with Crippen molar-refractivity contribution in [3.05, 3.63) is 90.5 Å². The Kier molecular flexibility index (Phi) is 6.06. The smallest absolute Gasteiger partial charge is 0.295 e. The molecule has 0 spiro atoms. The van der Waals surface area contributed by atoms with Crippen LogP contribution < -0.4 is 14.3 Å². The van der Waals surface area contributed by atoms with E-state index in [4.69, 9.17) is 0 Å². The fourth-order valence-corrected chi connectivity index (χ4v) is 6.61. The lowest BCUT2D eigenvalue weighted by molar-refractivity contribution is -0.115. The van der Waals surface area contributed by atoms with Gasteiger partial charge >= 0.3 is 0 Å². The van der Waals surface area contributed by atoms with Crippen molar-refractivity contribution in [3.8, 4) is 0 Å². The Hall–Kier alpha value is -3.18. The van der Waals surface area contributed by atoms with Gasteiger partial charge in [0, 0.05) is 25.2 Å². The largest absolute Gasteiger partial charge is 0.320 e. The first-order valence-electron chi connectivity index (χ1n) is 9.26. The minimum atomic E-state index is -2.46. The van der Waals surface area contributed by atoms with Crippen LogP contribution in [0.2, 0.25) is 0 Å². The van der Waals surface area contributed by atoms with E-state index in [1.165, 1.54) is 0 Å². The maximum absolute atomic E-state index is 12.9. The van der Waals surface area contributed by atoms with E-state index in [1.54, 1.807) is 13.8 Å². The molecule has 0 saturated carbocycles. The molecule has 28 heavy (non-hydrogen) atoms. The quantitative estimate of drug-likeness (QED) is 0.628. The second-order valence-electron chi connectivity index (χ2n) is 6.68. The summed E-state index contributed by atoms with van der Waals surface area (Å²) < 4.78 is 3.63. The lowest BCUT2D eigenvalue weighted by Crippen LogP contribution is -2.64. The van der Waals surface area contributed by atoms with Crippen molar-refractivity contribution in [2.24, 2.45) is 0 Å². The van der Waals surface area contributed by atoms with Crippen LogP contribution in [0.5, 0.6) is 0 Å². The van der Waals surface area contributed by atoms with E-state index in [0.717, 1.165) is 22.1 Å². The molecule has 0 aromatic heterocycles. The summed E-state index contributed by atoms with van der Waals surface area (Å²) in [6, 6.07) is 27.2. The van der Waals surface area contributed by atoms with E-state index in [0.29, 0.717) is 0 Å². The number of hydrogen-bond acceptors (Lipinski definition) is 2. The standard InChI is InChI=1S/C23H24N2O2Si/c1-18-12-10-11-17-23(18)28(24(19(2)26)21-13-6-4-7-14-21)25(20(3)27)22-15-8-5-9-16-22/h4-17,28H,1-3H3. The van der Waals surface area contributed by atoms with E-state index in [9.17, 15) is 9.59 Å². The zero-order valence-electron chi connectivity index (χ0n) is 16.4. The number of rotatable bonds is 5. The van der Waals surface area contributed by atoms with Crippen LogP contribution in [0.3, 0.4) is 0 Å². The highest BCUT2D eigenvalue weighted by atomic mass is 28.3. The lowest BCUT2D eigenvalue weighted by Gasteiger charge is -2.38. The summed E-state index contributed by atoms with van der Waals surface area (Å²) in [4.78, 5) is 25.7. The summed E-state index contributed by atoms with van der Waals surface area (Å²) in [5, 5.41) is 1.04. The van der Waals surface area contributed by atoms with Gasteiger partial charge in [0.1, 0.15) is 0 Å². The van der Waals surface area contributed by atoms with Crippen molar-refractivity contribution in [1.29, 1.82) is 0 Å². The number of carbonyl (C=O) groups excluding carboxylic acids is 2. The SMILES string of the molecule is CC(=O)N(c1ccccc1)[SiH](c1ccccc1C)N(C(C)=O)c1ccccc1. The molecule has 0 aliphatic rings. The molecule has 0 saturated heterocycles. The number of benzene rings is 3. The van der Waals surface area contributed by atoms with Crippen molar-refractivity contribution in [2.75, 3.05) is 9.13 Å². The van der Waals surface area contributed by atoms with Gasteiger partial charge in [0.15, 0.2) is 0 Å². The maximum atomic E-state index is 12.9. The van der Waals surface area contributed by atoms with Crippen LogP contribution in [0, 0.1) is 6.92 Å². The third kappa shape index (κ3) is 4.04. The van der Waals surface area contributed by atoms with Crippen LogP contribution in [0.25, 0.3) is 0 Å². The van der Waals surface area contributed by atoms with Gasteiger partial charge in [0.2, 0.25) is 11.8 Å². The molecule has 0 heterocycles. The number of para-hydroxylation sites is 2. The molecule has 4 nitrogen and oxygen atoms in total. The molecule has 0 radical (unpaired) electrons. The number of nitrogens with zero attached hydrogens (tertiary/aromatic N) is 2. The Labute approximate surface area is 167 Å². The van der Waals surface area contributed by atoms with E-state index < -0.39 is 9.12 Å². The molecule has 2 amide bonds. The maximum Gasteiger partial charge on any atom is 0.295 e. The zero-order valence-corrected chi connectivity index (χ0v) is 17.5. The molecule has 3 aromatic carbocycles. The first-order valence-corrected chi connectivity index (χ1v) is 10.9.